The predicted octanol–water partition coefficient (Wildman–Crippen LogP) is 4.43. The van der Waals surface area contributed by atoms with Gasteiger partial charge in [-0.1, -0.05) is 56.5 Å². The standard InChI is InChI=1S/C7H6F2.C5H10/c8-7(9)6-4-2-1-3-5-6;1-2-5-3-4-5/h1-5,7H;5H,2-4H2,1H3. The first-order chi connectivity index (χ1) is 6.74. The fourth-order valence-electron chi connectivity index (χ4n) is 1.12. The third-order valence-corrected chi connectivity index (χ3v) is 2.33. The molecule has 2 rings (SSSR count). The van der Waals surface area contributed by atoms with E-state index >= 15 is 0 Å². The molecule has 1 aliphatic carbocycles. The Bertz CT molecular complexity index is 240. The normalized spacial score (nSPS) is 14.9. The van der Waals surface area contributed by atoms with Gasteiger partial charge in [0.05, 0.1) is 0 Å². The van der Waals surface area contributed by atoms with Gasteiger partial charge in [-0.3, -0.25) is 0 Å². The predicted molar refractivity (Wildman–Crippen MR) is 54.4 cm³/mol. The van der Waals surface area contributed by atoms with Gasteiger partial charge in [-0.25, -0.2) is 8.78 Å². The maximum atomic E-state index is 11.8. The van der Waals surface area contributed by atoms with Crippen LogP contribution in [0, 0.1) is 5.92 Å². The minimum atomic E-state index is -2.34. The van der Waals surface area contributed by atoms with Crippen LogP contribution in [0.25, 0.3) is 0 Å². The van der Waals surface area contributed by atoms with Crippen LogP contribution < -0.4 is 0 Å². The van der Waals surface area contributed by atoms with Crippen LogP contribution in [0.5, 0.6) is 0 Å². The molecule has 0 bridgehead atoms. The van der Waals surface area contributed by atoms with Crippen molar-refractivity contribution >= 4 is 0 Å². The summed E-state index contributed by atoms with van der Waals surface area (Å²) in [6, 6.07) is 7.73. The van der Waals surface area contributed by atoms with Crippen LogP contribution >= 0.6 is 0 Å². The van der Waals surface area contributed by atoms with Crippen molar-refractivity contribution in [2.24, 2.45) is 5.92 Å². The van der Waals surface area contributed by atoms with Gasteiger partial charge >= 0.3 is 0 Å². The quantitative estimate of drug-likeness (QED) is 0.659. The van der Waals surface area contributed by atoms with E-state index in [9.17, 15) is 8.78 Å². The molecule has 0 atom stereocenters. The van der Waals surface area contributed by atoms with Crippen LogP contribution in [-0.2, 0) is 0 Å². The molecule has 0 spiro atoms. The van der Waals surface area contributed by atoms with E-state index in [1.54, 1.807) is 18.2 Å². The molecule has 0 radical (unpaired) electrons. The first-order valence-corrected chi connectivity index (χ1v) is 5.07. The van der Waals surface area contributed by atoms with Gasteiger partial charge in [0.15, 0.2) is 0 Å². The maximum absolute atomic E-state index is 11.8. The van der Waals surface area contributed by atoms with Crippen LogP contribution in [0.1, 0.15) is 38.2 Å². The summed E-state index contributed by atoms with van der Waals surface area (Å²) in [6.07, 6.45) is 2.10. The zero-order valence-corrected chi connectivity index (χ0v) is 8.42. The Kier molecular flexibility index (Phi) is 4.57. The van der Waals surface area contributed by atoms with E-state index in [1.807, 2.05) is 0 Å². The maximum Gasteiger partial charge on any atom is 0.263 e. The smallest absolute Gasteiger partial charge is 0.205 e. The van der Waals surface area contributed by atoms with Crippen molar-refractivity contribution in [2.45, 2.75) is 32.6 Å². The van der Waals surface area contributed by atoms with Gasteiger partial charge in [0.2, 0.25) is 0 Å². The van der Waals surface area contributed by atoms with Crippen LogP contribution in [0.15, 0.2) is 30.3 Å². The molecule has 0 aliphatic heterocycles. The summed E-state index contributed by atoms with van der Waals surface area (Å²) in [6.45, 7) is 2.26. The Morgan fingerprint density at radius 2 is 1.79 bits per heavy atom. The second-order valence-electron chi connectivity index (χ2n) is 3.56. The number of hydrogen-bond acceptors (Lipinski definition) is 0. The highest BCUT2D eigenvalue weighted by atomic mass is 19.3. The molecule has 78 valence electrons. The number of alkyl halides is 2. The van der Waals surface area contributed by atoms with E-state index in [4.69, 9.17) is 0 Å². The van der Waals surface area contributed by atoms with Crippen molar-refractivity contribution in [3.8, 4) is 0 Å². The summed E-state index contributed by atoms with van der Waals surface area (Å²) in [5.74, 6) is 1.13. The fourth-order valence-corrected chi connectivity index (χ4v) is 1.12. The highest BCUT2D eigenvalue weighted by molar-refractivity contribution is 5.15. The zero-order chi connectivity index (χ0) is 10.4. The summed E-state index contributed by atoms with van der Waals surface area (Å²) in [4.78, 5) is 0. The molecule has 1 aromatic rings. The second-order valence-corrected chi connectivity index (χ2v) is 3.56. The van der Waals surface area contributed by atoms with Crippen molar-refractivity contribution in [3.05, 3.63) is 35.9 Å². The molecule has 1 aliphatic rings. The molecule has 0 saturated heterocycles. The van der Waals surface area contributed by atoms with Gasteiger partial charge in [0.1, 0.15) is 0 Å². The minimum absolute atomic E-state index is 0.0810. The van der Waals surface area contributed by atoms with Gasteiger partial charge in [0, 0.05) is 5.56 Å². The van der Waals surface area contributed by atoms with Crippen LogP contribution in [0.3, 0.4) is 0 Å². The van der Waals surface area contributed by atoms with Crippen LogP contribution in [-0.4, -0.2) is 0 Å². The average molecular weight is 198 g/mol. The van der Waals surface area contributed by atoms with Gasteiger partial charge in [-0.05, 0) is 5.92 Å². The largest absolute Gasteiger partial charge is 0.263 e. The first kappa shape index (κ1) is 11.2. The lowest BCUT2D eigenvalue weighted by Gasteiger charge is -1.94. The van der Waals surface area contributed by atoms with E-state index < -0.39 is 6.43 Å². The molecule has 0 amide bonds. The van der Waals surface area contributed by atoms with E-state index in [1.165, 1.54) is 31.4 Å². The Morgan fingerprint density at radius 1 is 1.21 bits per heavy atom. The Morgan fingerprint density at radius 3 is 2.00 bits per heavy atom. The Balaban J connectivity index is 0.000000165. The van der Waals surface area contributed by atoms with Crippen molar-refractivity contribution < 1.29 is 8.78 Å². The summed E-state index contributed by atoms with van der Waals surface area (Å²) < 4.78 is 23.5. The third-order valence-electron chi connectivity index (χ3n) is 2.33. The monoisotopic (exact) mass is 198 g/mol. The van der Waals surface area contributed by atoms with Crippen molar-refractivity contribution in [1.82, 2.24) is 0 Å². The van der Waals surface area contributed by atoms with Crippen LogP contribution in [0.4, 0.5) is 8.78 Å². The Hall–Kier alpha value is -0.920. The van der Waals surface area contributed by atoms with Gasteiger partial charge in [-0.2, -0.15) is 0 Å². The lowest BCUT2D eigenvalue weighted by Crippen LogP contribution is -1.79. The van der Waals surface area contributed by atoms with Gasteiger partial charge < -0.3 is 0 Å². The lowest BCUT2D eigenvalue weighted by molar-refractivity contribution is 0.151. The first-order valence-electron chi connectivity index (χ1n) is 5.07. The van der Waals surface area contributed by atoms with Crippen molar-refractivity contribution in [3.63, 3.8) is 0 Å². The van der Waals surface area contributed by atoms with Crippen LogP contribution in [0.2, 0.25) is 0 Å². The van der Waals surface area contributed by atoms with Crippen molar-refractivity contribution in [1.29, 1.82) is 0 Å². The van der Waals surface area contributed by atoms with E-state index in [-0.39, 0.29) is 5.56 Å². The molecule has 0 nitrogen and oxygen atoms in total. The van der Waals surface area contributed by atoms with Gasteiger partial charge in [-0.15, -0.1) is 0 Å². The molecule has 0 aromatic heterocycles. The van der Waals surface area contributed by atoms with E-state index in [2.05, 4.69) is 6.92 Å². The lowest BCUT2D eigenvalue weighted by atomic mass is 10.2. The topological polar surface area (TPSA) is 0 Å². The summed E-state index contributed by atoms with van der Waals surface area (Å²) in [7, 11) is 0. The number of hydrogen-bond donors (Lipinski definition) is 0. The molecule has 2 heteroatoms. The number of halogens is 2. The fraction of sp³-hybridized carbons (Fsp3) is 0.500. The minimum Gasteiger partial charge on any atom is -0.205 e. The molecule has 0 unspecified atom stereocenters. The molecule has 0 N–H and O–H groups in total. The molecular weight excluding hydrogens is 182 g/mol. The third kappa shape index (κ3) is 4.35. The van der Waals surface area contributed by atoms with E-state index in [0.29, 0.717) is 0 Å². The molecule has 14 heavy (non-hydrogen) atoms. The molecule has 0 heterocycles. The second kappa shape index (κ2) is 5.74. The van der Waals surface area contributed by atoms with Gasteiger partial charge in [0.25, 0.3) is 6.43 Å². The average Bonchev–Trinajstić information content (AvgIpc) is 3.03. The molecular formula is C12H16F2. The number of rotatable bonds is 2. The molecule has 1 fully saturated rings. The summed E-state index contributed by atoms with van der Waals surface area (Å²) in [5.41, 5.74) is 0.0810. The van der Waals surface area contributed by atoms with Crippen molar-refractivity contribution in [2.75, 3.05) is 0 Å². The highest BCUT2D eigenvalue weighted by Crippen LogP contribution is 2.31. The molecule has 1 saturated carbocycles. The zero-order valence-electron chi connectivity index (χ0n) is 8.42. The summed E-state index contributed by atoms with van der Waals surface area (Å²) in [5, 5.41) is 0. The number of benzene rings is 1. The molecule has 1 aromatic carbocycles. The SMILES string of the molecule is CCC1CC1.FC(F)c1ccccc1. The van der Waals surface area contributed by atoms with E-state index in [0.717, 1.165) is 5.92 Å². The highest BCUT2D eigenvalue weighted by Gasteiger charge is 2.17. The summed E-state index contributed by atoms with van der Waals surface area (Å²) >= 11 is 0. The Labute approximate surface area is 84.0 Å².